The van der Waals surface area contributed by atoms with Crippen molar-refractivity contribution in [3.8, 4) is 0 Å². The zero-order valence-electron chi connectivity index (χ0n) is 9.20. The van der Waals surface area contributed by atoms with Crippen molar-refractivity contribution in [3.63, 3.8) is 0 Å². The van der Waals surface area contributed by atoms with Crippen LogP contribution >= 0.6 is 23.2 Å². The number of H-pyrrole nitrogens is 1. The van der Waals surface area contributed by atoms with Crippen LogP contribution in [0.1, 0.15) is 5.69 Å². The number of nitro groups is 1. The standard InChI is InChI=1S/C10H8Cl2N4O2/c1-5-9(16(17)18)10(15-14-5)13-8-3-2-6(11)4-7(8)12/h2-4H,1H3,(H2,13,14,15). The van der Waals surface area contributed by atoms with Gasteiger partial charge in [-0.2, -0.15) is 0 Å². The predicted molar refractivity (Wildman–Crippen MR) is 69.7 cm³/mol. The van der Waals surface area contributed by atoms with Gasteiger partial charge in [0.05, 0.1) is 15.6 Å². The fraction of sp³-hybridized carbons (Fsp3) is 0.100. The number of aryl methyl sites for hydroxylation is 1. The van der Waals surface area contributed by atoms with Crippen LogP contribution in [0.2, 0.25) is 10.0 Å². The largest absolute Gasteiger partial charge is 0.333 e. The minimum atomic E-state index is -0.509. The summed E-state index contributed by atoms with van der Waals surface area (Å²) in [6.07, 6.45) is 0. The fourth-order valence-electron chi connectivity index (χ4n) is 1.45. The lowest BCUT2D eigenvalue weighted by molar-refractivity contribution is -0.384. The quantitative estimate of drug-likeness (QED) is 0.666. The highest BCUT2D eigenvalue weighted by atomic mass is 35.5. The van der Waals surface area contributed by atoms with E-state index in [1.165, 1.54) is 6.07 Å². The molecule has 1 aromatic heterocycles. The molecule has 0 spiro atoms. The van der Waals surface area contributed by atoms with Gasteiger partial charge in [0.1, 0.15) is 5.69 Å². The van der Waals surface area contributed by atoms with E-state index in [9.17, 15) is 10.1 Å². The number of rotatable bonds is 3. The van der Waals surface area contributed by atoms with Gasteiger partial charge in [0, 0.05) is 5.02 Å². The minimum Gasteiger partial charge on any atom is -0.332 e. The molecule has 94 valence electrons. The molecule has 0 amide bonds. The Morgan fingerprint density at radius 2 is 2.17 bits per heavy atom. The topological polar surface area (TPSA) is 83.8 Å². The van der Waals surface area contributed by atoms with Crippen molar-refractivity contribution in [2.75, 3.05) is 5.32 Å². The molecule has 0 bridgehead atoms. The smallest absolute Gasteiger partial charge is 0.332 e. The van der Waals surface area contributed by atoms with Crippen molar-refractivity contribution in [2.24, 2.45) is 0 Å². The maximum absolute atomic E-state index is 10.9. The van der Waals surface area contributed by atoms with Crippen molar-refractivity contribution < 1.29 is 4.92 Å². The molecule has 0 aliphatic heterocycles. The Morgan fingerprint density at radius 1 is 1.44 bits per heavy atom. The first-order valence-electron chi connectivity index (χ1n) is 4.90. The first-order valence-corrected chi connectivity index (χ1v) is 5.66. The van der Waals surface area contributed by atoms with E-state index in [-0.39, 0.29) is 11.5 Å². The molecule has 0 unspecified atom stereocenters. The summed E-state index contributed by atoms with van der Waals surface area (Å²) in [5, 5.41) is 20.9. The van der Waals surface area contributed by atoms with Crippen LogP contribution in [-0.2, 0) is 0 Å². The molecule has 1 heterocycles. The molecule has 1 aromatic carbocycles. The lowest BCUT2D eigenvalue weighted by Gasteiger charge is -2.05. The summed E-state index contributed by atoms with van der Waals surface area (Å²) >= 11 is 11.7. The summed E-state index contributed by atoms with van der Waals surface area (Å²) < 4.78 is 0. The highest BCUT2D eigenvalue weighted by Crippen LogP contribution is 2.32. The molecule has 2 aromatic rings. The van der Waals surface area contributed by atoms with Crippen LogP contribution in [0.25, 0.3) is 0 Å². The van der Waals surface area contributed by atoms with Crippen molar-refractivity contribution in [2.45, 2.75) is 6.92 Å². The van der Waals surface area contributed by atoms with Crippen LogP contribution < -0.4 is 5.32 Å². The van der Waals surface area contributed by atoms with Gasteiger partial charge in [-0.3, -0.25) is 15.2 Å². The third-order valence-corrected chi connectivity index (χ3v) is 2.83. The van der Waals surface area contributed by atoms with Crippen molar-refractivity contribution in [3.05, 3.63) is 44.1 Å². The Labute approximate surface area is 112 Å². The van der Waals surface area contributed by atoms with Crippen molar-refractivity contribution in [1.82, 2.24) is 10.2 Å². The monoisotopic (exact) mass is 286 g/mol. The van der Waals surface area contributed by atoms with E-state index in [0.717, 1.165) is 0 Å². The van der Waals surface area contributed by atoms with Gasteiger partial charge in [-0.15, -0.1) is 5.10 Å². The highest BCUT2D eigenvalue weighted by Gasteiger charge is 2.22. The predicted octanol–water partition coefficient (Wildman–Crippen LogP) is 3.68. The van der Waals surface area contributed by atoms with Crippen LogP contribution in [0.15, 0.2) is 18.2 Å². The second kappa shape index (κ2) is 4.83. The Hall–Kier alpha value is -1.79. The summed E-state index contributed by atoms with van der Waals surface area (Å²) in [7, 11) is 0. The fourth-order valence-corrected chi connectivity index (χ4v) is 1.91. The molecule has 6 nitrogen and oxygen atoms in total. The molecule has 0 aliphatic carbocycles. The molecular formula is C10H8Cl2N4O2. The molecular weight excluding hydrogens is 279 g/mol. The van der Waals surface area contributed by atoms with Crippen molar-refractivity contribution in [1.29, 1.82) is 0 Å². The van der Waals surface area contributed by atoms with E-state index < -0.39 is 4.92 Å². The number of hydrogen-bond acceptors (Lipinski definition) is 4. The Kier molecular flexibility index (Phi) is 3.40. The lowest BCUT2D eigenvalue weighted by atomic mass is 10.3. The number of anilines is 2. The zero-order chi connectivity index (χ0) is 13.3. The minimum absolute atomic E-state index is 0.110. The normalized spacial score (nSPS) is 10.4. The van der Waals surface area contributed by atoms with Gasteiger partial charge < -0.3 is 5.32 Å². The molecule has 2 rings (SSSR count). The molecule has 18 heavy (non-hydrogen) atoms. The SMILES string of the molecule is Cc1[nH]nc(Nc2ccc(Cl)cc2Cl)c1[N+](=O)[O-]. The maximum atomic E-state index is 10.9. The Balaban J connectivity index is 2.37. The van der Waals surface area contributed by atoms with Gasteiger partial charge in [-0.25, -0.2) is 0 Å². The number of nitrogens with one attached hydrogen (secondary N) is 2. The highest BCUT2D eigenvalue weighted by molar-refractivity contribution is 6.36. The zero-order valence-corrected chi connectivity index (χ0v) is 10.7. The molecule has 0 saturated heterocycles. The number of aromatic amines is 1. The average molecular weight is 287 g/mol. The summed E-state index contributed by atoms with van der Waals surface area (Å²) in [5.74, 6) is 0.113. The van der Waals surface area contributed by atoms with Gasteiger partial charge in [0.25, 0.3) is 0 Å². The Morgan fingerprint density at radius 3 is 2.78 bits per heavy atom. The molecule has 0 radical (unpaired) electrons. The first-order chi connectivity index (χ1) is 8.49. The van der Waals surface area contributed by atoms with E-state index >= 15 is 0 Å². The van der Waals surface area contributed by atoms with Crippen molar-refractivity contribution >= 4 is 40.4 Å². The third-order valence-electron chi connectivity index (χ3n) is 2.28. The van der Waals surface area contributed by atoms with Gasteiger partial charge in [-0.1, -0.05) is 23.2 Å². The first kappa shape index (κ1) is 12.7. The summed E-state index contributed by atoms with van der Waals surface area (Å²) in [6, 6.07) is 4.79. The van der Waals surface area contributed by atoms with E-state index in [1.54, 1.807) is 19.1 Å². The number of aromatic nitrogens is 2. The summed E-state index contributed by atoms with van der Waals surface area (Å²) in [6.45, 7) is 1.57. The summed E-state index contributed by atoms with van der Waals surface area (Å²) in [5.41, 5.74) is 0.754. The average Bonchev–Trinajstić information content (AvgIpc) is 2.64. The number of hydrogen-bond donors (Lipinski definition) is 2. The second-order valence-electron chi connectivity index (χ2n) is 3.55. The van der Waals surface area contributed by atoms with Crippen LogP contribution in [0.3, 0.4) is 0 Å². The number of halogens is 2. The molecule has 0 atom stereocenters. The number of nitrogens with zero attached hydrogens (tertiary/aromatic N) is 2. The van der Waals surface area contributed by atoms with E-state index in [4.69, 9.17) is 23.2 Å². The lowest BCUT2D eigenvalue weighted by Crippen LogP contribution is -1.96. The summed E-state index contributed by atoms with van der Waals surface area (Å²) in [4.78, 5) is 10.4. The van der Waals surface area contributed by atoms with Crippen LogP contribution in [-0.4, -0.2) is 15.1 Å². The second-order valence-corrected chi connectivity index (χ2v) is 4.40. The molecule has 0 fully saturated rings. The van der Waals surface area contributed by atoms with Gasteiger partial charge in [0.15, 0.2) is 0 Å². The van der Waals surface area contributed by atoms with E-state index in [0.29, 0.717) is 21.4 Å². The van der Waals surface area contributed by atoms with Gasteiger partial charge in [0.2, 0.25) is 5.82 Å². The third kappa shape index (κ3) is 2.39. The molecule has 0 aliphatic rings. The van der Waals surface area contributed by atoms with Crippen LogP contribution in [0.4, 0.5) is 17.2 Å². The molecule has 0 saturated carbocycles. The van der Waals surface area contributed by atoms with Crippen LogP contribution in [0, 0.1) is 17.0 Å². The van der Waals surface area contributed by atoms with Crippen LogP contribution in [0.5, 0.6) is 0 Å². The van der Waals surface area contributed by atoms with E-state index in [2.05, 4.69) is 15.5 Å². The maximum Gasteiger partial charge on any atom is 0.333 e. The van der Waals surface area contributed by atoms with E-state index in [1.807, 2.05) is 0 Å². The molecule has 2 N–H and O–H groups in total. The van der Waals surface area contributed by atoms with Gasteiger partial charge >= 0.3 is 5.69 Å². The van der Waals surface area contributed by atoms with Gasteiger partial charge in [-0.05, 0) is 25.1 Å². The molecule has 8 heteroatoms. The number of benzene rings is 1. The Bertz CT molecular complexity index is 612.